The first kappa shape index (κ1) is 20.5. The number of nitrogens with zero attached hydrogens (tertiary/aromatic N) is 1. The van der Waals surface area contributed by atoms with E-state index < -0.39 is 28.9 Å². The molecule has 1 fully saturated rings. The highest BCUT2D eigenvalue weighted by atomic mass is 19.4. The molecular weight excluding hydrogens is 388 g/mol. The van der Waals surface area contributed by atoms with E-state index in [2.05, 4.69) is 10.3 Å². The third kappa shape index (κ3) is 3.96. The van der Waals surface area contributed by atoms with Gasteiger partial charge in [-0.2, -0.15) is 26.3 Å². The Kier molecular flexibility index (Phi) is 4.89. The van der Waals surface area contributed by atoms with Crippen LogP contribution in [-0.4, -0.2) is 42.0 Å². The van der Waals surface area contributed by atoms with E-state index in [0.717, 1.165) is 0 Å². The minimum atomic E-state index is -4.93. The number of alkyl halides is 6. The van der Waals surface area contributed by atoms with Crippen LogP contribution in [0.1, 0.15) is 30.7 Å². The summed E-state index contributed by atoms with van der Waals surface area (Å²) in [6.45, 7) is 4.91. The highest BCUT2D eigenvalue weighted by Gasteiger charge is 2.39. The van der Waals surface area contributed by atoms with Gasteiger partial charge in [0, 0.05) is 41.6 Å². The number of aromatic nitrogens is 1. The van der Waals surface area contributed by atoms with E-state index in [-0.39, 0.29) is 36.0 Å². The monoisotopic (exact) mass is 407 g/mol. The van der Waals surface area contributed by atoms with Crippen LogP contribution < -0.4 is 5.32 Å². The van der Waals surface area contributed by atoms with Gasteiger partial charge in [-0.25, -0.2) is 0 Å². The van der Waals surface area contributed by atoms with Crippen molar-refractivity contribution < 1.29 is 31.1 Å². The number of carbonyl (C=O) groups is 1. The van der Waals surface area contributed by atoms with Gasteiger partial charge in [0.1, 0.15) is 0 Å². The van der Waals surface area contributed by atoms with Crippen LogP contribution in [0.5, 0.6) is 0 Å². The van der Waals surface area contributed by atoms with Crippen molar-refractivity contribution >= 4 is 16.8 Å². The van der Waals surface area contributed by atoms with Crippen LogP contribution in [0.15, 0.2) is 18.2 Å². The Hall–Kier alpha value is -2.23. The van der Waals surface area contributed by atoms with Gasteiger partial charge in [0.2, 0.25) is 5.91 Å². The van der Waals surface area contributed by atoms with Gasteiger partial charge in [0.25, 0.3) is 0 Å². The summed E-state index contributed by atoms with van der Waals surface area (Å²) < 4.78 is 79.3. The van der Waals surface area contributed by atoms with Gasteiger partial charge in [-0.05, 0) is 18.2 Å². The van der Waals surface area contributed by atoms with Gasteiger partial charge >= 0.3 is 12.4 Å². The third-order valence-corrected chi connectivity index (χ3v) is 4.87. The fourth-order valence-electron chi connectivity index (χ4n) is 3.38. The molecule has 154 valence electrons. The Labute approximate surface area is 156 Å². The van der Waals surface area contributed by atoms with Gasteiger partial charge < -0.3 is 15.2 Å². The number of carbonyl (C=O) groups excluding carboxylic acids is 1. The average molecular weight is 407 g/mol. The summed E-state index contributed by atoms with van der Waals surface area (Å²) in [5.41, 5.74) is -3.40. The lowest BCUT2D eigenvalue weighted by atomic mass is 9.88. The maximum absolute atomic E-state index is 13.4. The molecule has 1 amide bonds. The Morgan fingerprint density at radius 1 is 1.04 bits per heavy atom. The number of halogens is 6. The molecule has 0 atom stereocenters. The molecule has 10 heteroatoms. The molecule has 0 spiro atoms. The Morgan fingerprint density at radius 2 is 1.71 bits per heavy atom. The summed E-state index contributed by atoms with van der Waals surface area (Å²) in [5.74, 6) is -0.134. The zero-order chi connectivity index (χ0) is 20.9. The van der Waals surface area contributed by atoms with Gasteiger partial charge in [0.15, 0.2) is 0 Å². The zero-order valence-electron chi connectivity index (χ0n) is 15.2. The minimum Gasteiger partial charge on any atom is -0.358 e. The summed E-state index contributed by atoms with van der Waals surface area (Å²) in [5, 5.41) is 2.60. The van der Waals surface area contributed by atoms with E-state index in [0.29, 0.717) is 24.8 Å². The molecule has 2 heterocycles. The molecule has 4 nitrogen and oxygen atoms in total. The number of aromatic amines is 1. The standard InChI is InChI=1S/C18H19F6N3O/c1-16(2,9-27-4-3-25-8-15(27)28)14-7-11-12(18(22,23)24)5-10(17(19,20)21)6-13(11)26-14/h5-7,25-26H,3-4,8-9H2,1-2H3. The molecule has 3 rings (SSSR count). The second kappa shape index (κ2) is 6.68. The predicted molar refractivity (Wildman–Crippen MR) is 90.8 cm³/mol. The van der Waals surface area contributed by atoms with Crippen molar-refractivity contribution in [1.82, 2.24) is 15.2 Å². The number of piperazine rings is 1. The molecule has 0 unspecified atom stereocenters. The van der Waals surface area contributed by atoms with Crippen molar-refractivity contribution in [2.75, 3.05) is 26.2 Å². The first-order chi connectivity index (χ1) is 12.8. The highest BCUT2D eigenvalue weighted by molar-refractivity contribution is 5.86. The number of nitrogens with one attached hydrogen (secondary N) is 2. The largest absolute Gasteiger partial charge is 0.417 e. The number of benzene rings is 1. The lowest BCUT2D eigenvalue weighted by Crippen LogP contribution is -2.51. The normalized spacial score (nSPS) is 16.9. The number of fused-ring (bicyclic) bond motifs is 1. The summed E-state index contributed by atoms with van der Waals surface area (Å²) in [6, 6.07) is 2.04. The summed E-state index contributed by atoms with van der Waals surface area (Å²) in [7, 11) is 0. The van der Waals surface area contributed by atoms with Crippen molar-refractivity contribution in [2.45, 2.75) is 31.6 Å². The predicted octanol–water partition coefficient (Wildman–Crippen LogP) is 3.91. The van der Waals surface area contributed by atoms with Crippen LogP contribution in [-0.2, 0) is 22.6 Å². The van der Waals surface area contributed by atoms with Crippen molar-refractivity contribution in [3.63, 3.8) is 0 Å². The molecule has 1 aromatic heterocycles. The minimum absolute atomic E-state index is 0.132. The number of H-pyrrole nitrogens is 1. The average Bonchev–Trinajstić information content (AvgIpc) is 2.99. The van der Waals surface area contributed by atoms with Gasteiger partial charge in [-0.3, -0.25) is 4.79 Å². The second-order valence-corrected chi connectivity index (χ2v) is 7.54. The third-order valence-electron chi connectivity index (χ3n) is 4.87. The van der Waals surface area contributed by atoms with Gasteiger partial charge in [-0.15, -0.1) is 0 Å². The number of amides is 1. The number of rotatable bonds is 3. The van der Waals surface area contributed by atoms with Crippen LogP contribution in [0.3, 0.4) is 0 Å². The summed E-state index contributed by atoms with van der Waals surface area (Å²) in [6.07, 6.45) is -9.83. The van der Waals surface area contributed by atoms with Gasteiger partial charge in [0.05, 0.1) is 17.7 Å². The zero-order valence-corrected chi connectivity index (χ0v) is 15.2. The van der Waals surface area contributed by atoms with Crippen LogP contribution >= 0.6 is 0 Å². The van der Waals surface area contributed by atoms with E-state index in [1.54, 1.807) is 18.7 Å². The second-order valence-electron chi connectivity index (χ2n) is 7.54. The van der Waals surface area contributed by atoms with E-state index in [1.165, 1.54) is 6.07 Å². The Bertz CT molecular complexity index is 897. The maximum Gasteiger partial charge on any atom is 0.417 e. The molecule has 2 N–H and O–H groups in total. The van der Waals surface area contributed by atoms with Crippen LogP contribution in [0.2, 0.25) is 0 Å². The fraction of sp³-hybridized carbons (Fsp3) is 0.500. The van der Waals surface area contributed by atoms with Gasteiger partial charge in [-0.1, -0.05) is 13.8 Å². The van der Waals surface area contributed by atoms with E-state index >= 15 is 0 Å². The lowest BCUT2D eigenvalue weighted by molar-refractivity contribution is -0.142. The number of hydrogen-bond acceptors (Lipinski definition) is 2. The van der Waals surface area contributed by atoms with Crippen molar-refractivity contribution in [3.8, 4) is 0 Å². The molecule has 1 aliphatic heterocycles. The van der Waals surface area contributed by atoms with Crippen molar-refractivity contribution in [1.29, 1.82) is 0 Å². The Balaban J connectivity index is 2.06. The molecular formula is C18H19F6N3O. The molecule has 28 heavy (non-hydrogen) atoms. The molecule has 0 bridgehead atoms. The van der Waals surface area contributed by atoms with Crippen molar-refractivity contribution in [2.24, 2.45) is 0 Å². The molecule has 2 aromatic rings. The first-order valence-corrected chi connectivity index (χ1v) is 8.59. The molecule has 1 aliphatic rings. The fourth-order valence-corrected chi connectivity index (χ4v) is 3.38. The molecule has 1 saturated heterocycles. The van der Waals surface area contributed by atoms with E-state index in [4.69, 9.17) is 0 Å². The maximum atomic E-state index is 13.4. The summed E-state index contributed by atoms with van der Waals surface area (Å²) in [4.78, 5) is 16.3. The van der Waals surface area contributed by atoms with Crippen LogP contribution in [0.4, 0.5) is 26.3 Å². The molecule has 0 radical (unpaired) electrons. The van der Waals surface area contributed by atoms with E-state index in [1.807, 2.05) is 0 Å². The summed E-state index contributed by atoms with van der Waals surface area (Å²) >= 11 is 0. The topological polar surface area (TPSA) is 48.1 Å². The highest BCUT2D eigenvalue weighted by Crippen LogP contribution is 2.41. The molecule has 0 saturated carbocycles. The molecule has 1 aromatic carbocycles. The number of hydrogen-bond donors (Lipinski definition) is 2. The smallest absolute Gasteiger partial charge is 0.358 e. The van der Waals surface area contributed by atoms with Crippen molar-refractivity contribution in [3.05, 3.63) is 35.0 Å². The Morgan fingerprint density at radius 3 is 2.29 bits per heavy atom. The van der Waals surface area contributed by atoms with Crippen LogP contribution in [0.25, 0.3) is 10.9 Å². The quantitative estimate of drug-likeness (QED) is 0.758. The van der Waals surface area contributed by atoms with E-state index in [9.17, 15) is 31.1 Å². The van der Waals surface area contributed by atoms with Crippen LogP contribution in [0, 0.1) is 0 Å². The SMILES string of the molecule is CC(C)(CN1CCNCC1=O)c1cc2c(C(F)(F)F)cc(C(F)(F)F)cc2[nH]1. The lowest BCUT2D eigenvalue weighted by Gasteiger charge is -2.34. The first-order valence-electron chi connectivity index (χ1n) is 8.59. The molecule has 0 aliphatic carbocycles.